The molecule has 0 bridgehead atoms. The van der Waals surface area contributed by atoms with Crippen LogP contribution in [0.4, 0.5) is 0 Å². The number of rotatable bonds is 6. The predicted molar refractivity (Wildman–Crippen MR) is 143 cm³/mol. The Hall–Kier alpha value is -2.13. The third-order valence-electron chi connectivity index (χ3n) is 9.51. The first kappa shape index (κ1) is 25.2. The maximum Gasteiger partial charge on any atom is 0.237 e. The molecule has 0 unspecified atom stereocenters. The Kier molecular flexibility index (Phi) is 7.18. The zero-order chi connectivity index (χ0) is 25.4. The van der Waals surface area contributed by atoms with Crippen LogP contribution < -0.4 is 4.74 Å². The molecule has 8 heteroatoms. The van der Waals surface area contributed by atoms with E-state index in [1.807, 2.05) is 17.0 Å². The molecule has 2 aromatic rings. The molecule has 8 nitrogen and oxygen atoms in total. The Bertz CT molecular complexity index is 1100. The second-order valence-electron chi connectivity index (χ2n) is 11.7. The molecule has 3 fully saturated rings. The summed E-state index contributed by atoms with van der Waals surface area (Å²) in [6.07, 6.45) is 7.58. The van der Waals surface area contributed by atoms with Gasteiger partial charge in [-0.15, -0.1) is 0 Å². The lowest BCUT2D eigenvalue weighted by atomic mass is 9.68. The van der Waals surface area contributed by atoms with Crippen molar-refractivity contribution in [2.24, 2.45) is 5.92 Å². The fraction of sp³-hybridized carbons (Fsp3) is 0.690. The molecule has 202 valence electrons. The molecule has 1 amide bonds. The summed E-state index contributed by atoms with van der Waals surface area (Å²) in [6, 6.07) is 5.88. The summed E-state index contributed by atoms with van der Waals surface area (Å²) in [5.74, 6) is 1.77. The number of aliphatic hydroxyl groups excluding tert-OH is 1. The quantitative estimate of drug-likeness (QED) is 0.622. The third-order valence-corrected chi connectivity index (χ3v) is 9.51. The summed E-state index contributed by atoms with van der Waals surface area (Å²) in [6.45, 7) is 7.21. The molecular weight excluding hydrogens is 468 g/mol. The van der Waals surface area contributed by atoms with Crippen LogP contribution in [0.3, 0.4) is 0 Å². The van der Waals surface area contributed by atoms with Crippen LogP contribution in [-0.4, -0.2) is 103 Å². The number of carbonyl (C=O) groups excluding carboxylic acids is 1. The van der Waals surface area contributed by atoms with Gasteiger partial charge in [-0.05, 0) is 62.4 Å². The summed E-state index contributed by atoms with van der Waals surface area (Å²) in [5, 5.41) is 11.8. The zero-order valence-corrected chi connectivity index (χ0v) is 22.2. The molecule has 2 saturated heterocycles. The summed E-state index contributed by atoms with van der Waals surface area (Å²) < 4.78 is 11.0. The molecule has 4 aliphatic rings. The van der Waals surface area contributed by atoms with Crippen molar-refractivity contribution in [2.45, 2.75) is 50.0 Å². The van der Waals surface area contributed by atoms with Gasteiger partial charge >= 0.3 is 0 Å². The first-order valence-corrected chi connectivity index (χ1v) is 14.2. The number of methoxy groups -OCH3 is 1. The first-order chi connectivity index (χ1) is 18.1. The Labute approximate surface area is 219 Å². The van der Waals surface area contributed by atoms with E-state index in [9.17, 15) is 9.90 Å². The summed E-state index contributed by atoms with van der Waals surface area (Å²) in [5.41, 5.74) is 3.25. The van der Waals surface area contributed by atoms with E-state index < -0.39 is 0 Å². The van der Waals surface area contributed by atoms with Crippen LogP contribution >= 0.6 is 0 Å². The lowest BCUT2D eigenvalue weighted by molar-refractivity contribution is -0.139. The molecule has 4 heterocycles. The van der Waals surface area contributed by atoms with Gasteiger partial charge in [0.15, 0.2) is 0 Å². The molecule has 6 rings (SSSR count). The van der Waals surface area contributed by atoms with Crippen molar-refractivity contribution in [2.75, 3.05) is 72.7 Å². The number of ether oxygens (including phenoxy) is 2. The van der Waals surface area contributed by atoms with Crippen LogP contribution in [0.2, 0.25) is 0 Å². The molecule has 1 aromatic heterocycles. The van der Waals surface area contributed by atoms with Crippen LogP contribution in [0.15, 0.2) is 18.2 Å². The highest BCUT2D eigenvalue weighted by Crippen LogP contribution is 2.49. The number of carbonyl (C=O) groups is 1. The number of hydrogen-bond donors (Lipinski definition) is 2. The lowest BCUT2D eigenvalue weighted by Gasteiger charge is -2.50. The normalized spacial score (nSPS) is 25.1. The largest absolute Gasteiger partial charge is 0.497 e. The van der Waals surface area contributed by atoms with E-state index in [2.05, 4.69) is 20.9 Å². The van der Waals surface area contributed by atoms with Crippen LogP contribution in [0.1, 0.15) is 55.8 Å². The summed E-state index contributed by atoms with van der Waals surface area (Å²) in [4.78, 5) is 24.2. The standard InChI is InChI=1S/C29H42N4O4/c1-36-22-6-7-23-24(16-22)30-28-25(19-34)33(26(35)18-32-12-14-37-15-13-32)20-29(27(23)28)8-10-31(11-9-29)17-21-4-2-3-5-21/h6-7,16,21,25,30,34H,2-5,8-15,17-20H2,1H3/t25-/m0/s1. The van der Waals surface area contributed by atoms with Crippen LogP contribution in [0.25, 0.3) is 10.9 Å². The number of fused-ring (bicyclic) bond motifs is 4. The average Bonchev–Trinajstić information content (AvgIpc) is 3.58. The smallest absolute Gasteiger partial charge is 0.237 e. The molecule has 3 aliphatic heterocycles. The molecule has 37 heavy (non-hydrogen) atoms. The Balaban J connectivity index is 1.33. The van der Waals surface area contributed by atoms with Crippen molar-refractivity contribution in [3.05, 3.63) is 29.5 Å². The van der Waals surface area contributed by atoms with Gasteiger partial charge in [0.1, 0.15) is 5.75 Å². The Morgan fingerprint density at radius 2 is 1.89 bits per heavy atom. The minimum Gasteiger partial charge on any atom is -0.497 e. The van der Waals surface area contributed by atoms with Gasteiger partial charge in [-0.25, -0.2) is 0 Å². The van der Waals surface area contributed by atoms with E-state index in [-0.39, 0.29) is 24.0 Å². The van der Waals surface area contributed by atoms with Gasteiger partial charge in [0.25, 0.3) is 0 Å². The second-order valence-corrected chi connectivity index (χ2v) is 11.7. The van der Waals surface area contributed by atoms with E-state index in [0.717, 1.165) is 61.9 Å². The van der Waals surface area contributed by atoms with Crippen molar-refractivity contribution < 1.29 is 19.4 Å². The second kappa shape index (κ2) is 10.6. The molecule has 1 saturated carbocycles. The van der Waals surface area contributed by atoms with Gasteiger partial charge in [0, 0.05) is 54.3 Å². The molecular formula is C29H42N4O4. The minimum atomic E-state index is -0.357. The number of aromatic amines is 1. The number of likely N-dealkylation sites (tertiary alicyclic amines) is 1. The maximum atomic E-state index is 13.8. The highest BCUT2D eigenvalue weighted by atomic mass is 16.5. The van der Waals surface area contributed by atoms with Gasteiger partial charge < -0.3 is 29.4 Å². The summed E-state index contributed by atoms with van der Waals surface area (Å²) >= 11 is 0. The molecule has 1 spiro atoms. The number of hydrogen-bond acceptors (Lipinski definition) is 6. The van der Waals surface area contributed by atoms with Crippen LogP contribution in [-0.2, 0) is 14.9 Å². The van der Waals surface area contributed by atoms with Gasteiger partial charge in [-0.3, -0.25) is 9.69 Å². The van der Waals surface area contributed by atoms with Gasteiger partial charge in [-0.2, -0.15) is 0 Å². The van der Waals surface area contributed by atoms with Gasteiger partial charge in [-0.1, -0.05) is 12.8 Å². The van der Waals surface area contributed by atoms with Crippen molar-refractivity contribution in [1.82, 2.24) is 19.7 Å². The number of benzene rings is 1. The number of aromatic nitrogens is 1. The van der Waals surface area contributed by atoms with E-state index in [1.165, 1.54) is 43.2 Å². The molecule has 1 atom stereocenters. The average molecular weight is 511 g/mol. The van der Waals surface area contributed by atoms with Crippen molar-refractivity contribution in [1.29, 1.82) is 0 Å². The van der Waals surface area contributed by atoms with Gasteiger partial charge in [0.2, 0.25) is 5.91 Å². The number of morpholine rings is 1. The number of H-pyrrole nitrogens is 1. The molecule has 1 aromatic carbocycles. The van der Waals surface area contributed by atoms with Crippen LogP contribution in [0.5, 0.6) is 5.75 Å². The SMILES string of the molecule is COc1ccc2c3c([nH]c2c1)[C@H](CO)N(C(=O)CN1CCOCC1)CC31CCN(CC2CCCC2)CC1. The number of piperidine rings is 1. The van der Waals surface area contributed by atoms with E-state index in [4.69, 9.17) is 9.47 Å². The zero-order valence-electron chi connectivity index (χ0n) is 22.2. The minimum absolute atomic E-state index is 0.0876. The van der Waals surface area contributed by atoms with E-state index in [0.29, 0.717) is 26.3 Å². The third kappa shape index (κ3) is 4.78. The fourth-order valence-electron chi connectivity index (χ4n) is 7.44. The van der Waals surface area contributed by atoms with E-state index >= 15 is 0 Å². The Morgan fingerprint density at radius 1 is 1.14 bits per heavy atom. The number of amides is 1. The van der Waals surface area contributed by atoms with Crippen molar-refractivity contribution in [3.8, 4) is 5.75 Å². The highest BCUT2D eigenvalue weighted by molar-refractivity contribution is 5.89. The number of nitrogens with zero attached hydrogens (tertiary/aromatic N) is 3. The fourth-order valence-corrected chi connectivity index (χ4v) is 7.44. The highest BCUT2D eigenvalue weighted by Gasteiger charge is 2.48. The van der Waals surface area contributed by atoms with Crippen molar-refractivity contribution in [3.63, 3.8) is 0 Å². The number of aliphatic hydroxyl groups is 1. The van der Waals surface area contributed by atoms with E-state index in [1.54, 1.807) is 7.11 Å². The molecule has 2 N–H and O–H groups in total. The number of nitrogens with one attached hydrogen (secondary N) is 1. The predicted octanol–water partition coefficient (Wildman–Crippen LogP) is 2.91. The molecule has 1 aliphatic carbocycles. The lowest BCUT2D eigenvalue weighted by Crippen LogP contribution is -2.57. The van der Waals surface area contributed by atoms with Crippen molar-refractivity contribution >= 4 is 16.8 Å². The van der Waals surface area contributed by atoms with Gasteiger partial charge in [0.05, 0.1) is 39.5 Å². The topological polar surface area (TPSA) is 81.3 Å². The summed E-state index contributed by atoms with van der Waals surface area (Å²) in [7, 11) is 1.69. The molecule has 0 radical (unpaired) electrons. The monoisotopic (exact) mass is 510 g/mol. The first-order valence-electron chi connectivity index (χ1n) is 14.2. The maximum absolute atomic E-state index is 13.8. The Morgan fingerprint density at radius 3 is 2.59 bits per heavy atom. The van der Waals surface area contributed by atoms with Crippen LogP contribution in [0, 0.1) is 5.92 Å².